The number of hydrogen-bond donors (Lipinski definition) is 1. The summed E-state index contributed by atoms with van der Waals surface area (Å²) in [5.74, 6) is -0.0868. The first kappa shape index (κ1) is 15.1. The van der Waals surface area contributed by atoms with Crippen molar-refractivity contribution in [2.24, 2.45) is 0 Å². The number of rotatable bonds is 5. The van der Waals surface area contributed by atoms with Gasteiger partial charge >= 0.3 is 5.97 Å². The van der Waals surface area contributed by atoms with Gasteiger partial charge in [-0.25, -0.2) is 0 Å². The number of nitrogens with zero attached hydrogens (tertiary/aromatic N) is 1. The molecule has 7 nitrogen and oxygen atoms in total. The molecule has 0 aliphatic carbocycles. The third-order valence-corrected chi connectivity index (χ3v) is 3.02. The number of carbonyl (C=O) groups excluding carboxylic acids is 2. The van der Waals surface area contributed by atoms with Gasteiger partial charge in [0.05, 0.1) is 26.0 Å². The van der Waals surface area contributed by atoms with Gasteiger partial charge in [-0.05, 0) is 24.6 Å². The van der Waals surface area contributed by atoms with Crippen molar-refractivity contribution in [2.45, 2.75) is 13.5 Å². The molecule has 0 unspecified atom stereocenters. The van der Waals surface area contributed by atoms with Gasteiger partial charge in [0.25, 0.3) is 5.91 Å². The number of fused-ring (bicyclic) bond motifs is 1. The Hall–Kier alpha value is -2.28. The number of esters is 1. The van der Waals surface area contributed by atoms with Crippen LogP contribution in [-0.2, 0) is 20.9 Å². The lowest BCUT2D eigenvalue weighted by atomic mass is 10.1. The first-order valence-corrected chi connectivity index (χ1v) is 6.51. The molecule has 7 heteroatoms. The van der Waals surface area contributed by atoms with Crippen molar-refractivity contribution in [3.63, 3.8) is 0 Å². The molecular formula is C14H17NO6. The summed E-state index contributed by atoms with van der Waals surface area (Å²) in [7, 11) is 1.46. The summed E-state index contributed by atoms with van der Waals surface area (Å²) < 4.78 is 15.4. The van der Waals surface area contributed by atoms with Crippen LogP contribution in [0.4, 0.5) is 5.69 Å². The van der Waals surface area contributed by atoms with Crippen LogP contribution in [0.5, 0.6) is 11.5 Å². The Morgan fingerprint density at radius 1 is 1.48 bits per heavy atom. The Labute approximate surface area is 122 Å². The lowest BCUT2D eigenvalue weighted by Gasteiger charge is -2.30. The average molecular weight is 295 g/mol. The number of anilines is 1. The van der Waals surface area contributed by atoms with E-state index in [1.165, 1.54) is 12.0 Å². The molecule has 0 radical (unpaired) electrons. The predicted octanol–water partition coefficient (Wildman–Crippen LogP) is 0.476. The highest BCUT2D eigenvalue weighted by Gasteiger charge is 2.30. The van der Waals surface area contributed by atoms with Crippen LogP contribution in [0.25, 0.3) is 0 Å². The normalized spacial score (nSPS) is 13.5. The van der Waals surface area contributed by atoms with Gasteiger partial charge in [0.2, 0.25) is 0 Å². The van der Waals surface area contributed by atoms with Crippen LogP contribution >= 0.6 is 0 Å². The van der Waals surface area contributed by atoms with Gasteiger partial charge in [-0.15, -0.1) is 0 Å². The molecule has 114 valence electrons. The van der Waals surface area contributed by atoms with Crippen LogP contribution in [0.2, 0.25) is 0 Å². The highest BCUT2D eigenvalue weighted by atomic mass is 16.5. The molecule has 0 bridgehead atoms. The summed E-state index contributed by atoms with van der Waals surface area (Å²) in [6.45, 7) is 1.33. The predicted molar refractivity (Wildman–Crippen MR) is 73.4 cm³/mol. The van der Waals surface area contributed by atoms with Crippen LogP contribution in [0, 0.1) is 0 Å². The quantitative estimate of drug-likeness (QED) is 0.795. The molecule has 1 aliphatic heterocycles. The molecule has 2 rings (SSSR count). The van der Waals surface area contributed by atoms with Gasteiger partial charge in [-0.1, -0.05) is 0 Å². The standard InChI is InChI=1S/C14H17NO6/c1-3-20-13(18)6-15-10-4-9(7-16)5-11(19-2)14(10)21-8-12(15)17/h4-5,16H,3,6-8H2,1-2H3. The largest absolute Gasteiger partial charge is 0.493 e. The van der Waals surface area contributed by atoms with Crippen LogP contribution < -0.4 is 14.4 Å². The van der Waals surface area contributed by atoms with Gasteiger partial charge < -0.3 is 19.3 Å². The number of hydrogen-bond acceptors (Lipinski definition) is 6. The van der Waals surface area contributed by atoms with E-state index in [1.807, 2.05) is 0 Å². The molecule has 1 aromatic rings. The molecule has 1 aliphatic rings. The minimum Gasteiger partial charge on any atom is -0.493 e. The van der Waals surface area contributed by atoms with Gasteiger partial charge in [0.1, 0.15) is 6.54 Å². The fourth-order valence-electron chi connectivity index (χ4n) is 2.09. The Morgan fingerprint density at radius 2 is 2.24 bits per heavy atom. The maximum Gasteiger partial charge on any atom is 0.326 e. The van der Waals surface area contributed by atoms with Gasteiger partial charge in [-0.3, -0.25) is 14.5 Å². The van der Waals surface area contributed by atoms with Crippen molar-refractivity contribution in [1.82, 2.24) is 0 Å². The monoisotopic (exact) mass is 295 g/mol. The van der Waals surface area contributed by atoms with E-state index in [9.17, 15) is 14.7 Å². The molecule has 0 spiro atoms. The van der Waals surface area contributed by atoms with Crippen LogP contribution in [0.3, 0.4) is 0 Å². The zero-order valence-electron chi connectivity index (χ0n) is 11.9. The zero-order chi connectivity index (χ0) is 15.4. The van der Waals surface area contributed by atoms with Crippen LogP contribution in [-0.4, -0.2) is 43.9 Å². The summed E-state index contributed by atoms with van der Waals surface area (Å²) in [5.41, 5.74) is 0.945. The van der Waals surface area contributed by atoms with Crippen molar-refractivity contribution < 1.29 is 28.9 Å². The Kier molecular flexibility index (Phi) is 4.64. The Bertz CT molecular complexity index is 557. The summed E-state index contributed by atoms with van der Waals surface area (Å²) in [6.07, 6.45) is 0. The fraction of sp³-hybridized carbons (Fsp3) is 0.429. The van der Waals surface area contributed by atoms with Gasteiger partial charge in [-0.2, -0.15) is 0 Å². The molecule has 0 saturated carbocycles. The van der Waals surface area contributed by atoms with E-state index in [0.29, 0.717) is 22.7 Å². The number of ether oxygens (including phenoxy) is 3. The van der Waals surface area contributed by atoms with E-state index in [-0.39, 0.29) is 32.3 Å². The van der Waals surface area contributed by atoms with Gasteiger partial charge in [0, 0.05) is 0 Å². The SMILES string of the molecule is CCOC(=O)CN1C(=O)COc2c(OC)cc(CO)cc21. The number of amides is 1. The molecule has 1 amide bonds. The Balaban J connectivity index is 2.40. The van der Waals surface area contributed by atoms with Crippen molar-refractivity contribution in [2.75, 3.05) is 31.8 Å². The highest BCUT2D eigenvalue weighted by molar-refractivity contribution is 6.02. The highest BCUT2D eigenvalue weighted by Crippen LogP contribution is 2.41. The van der Waals surface area contributed by atoms with E-state index in [1.54, 1.807) is 19.1 Å². The van der Waals surface area contributed by atoms with E-state index in [0.717, 1.165) is 0 Å². The number of methoxy groups -OCH3 is 1. The summed E-state index contributed by atoms with van der Waals surface area (Å²) in [5, 5.41) is 9.29. The number of aliphatic hydroxyl groups excluding tert-OH is 1. The maximum atomic E-state index is 12.0. The van der Waals surface area contributed by atoms with E-state index < -0.39 is 5.97 Å². The molecular weight excluding hydrogens is 278 g/mol. The number of carbonyl (C=O) groups is 2. The lowest BCUT2D eigenvalue weighted by Crippen LogP contribution is -2.42. The molecule has 0 atom stereocenters. The summed E-state index contributed by atoms with van der Waals surface area (Å²) >= 11 is 0. The van der Waals surface area contributed by atoms with E-state index in [2.05, 4.69) is 0 Å². The molecule has 1 aromatic carbocycles. The van der Waals surface area contributed by atoms with E-state index >= 15 is 0 Å². The first-order chi connectivity index (χ1) is 10.1. The zero-order valence-corrected chi connectivity index (χ0v) is 11.9. The number of benzene rings is 1. The topological polar surface area (TPSA) is 85.3 Å². The minimum atomic E-state index is -0.507. The fourth-order valence-corrected chi connectivity index (χ4v) is 2.09. The van der Waals surface area contributed by atoms with Crippen molar-refractivity contribution in [3.8, 4) is 11.5 Å². The molecule has 1 heterocycles. The second kappa shape index (κ2) is 6.45. The second-order valence-corrected chi connectivity index (χ2v) is 4.38. The molecule has 0 saturated heterocycles. The van der Waals surface area contributed by atoms with Crippen LogP contribution in [0.1, 0.15) is 12.5 Å². The second-order valence-electron chi connectivity index (χ2n) is 4.38. The number of aliphatic hydroxyl groups is 1. The molecule has 1 N–H and O–H groups in total. The molecule has 21 heavy (non-hydrogen) atoms. The first-order valence-electron chi connectivity index (χ1n) is 6.51. The van der Waals surface area contributed by atoms with Crippen molar-refractivity contribution >= 4 is 17.6 Å². The smallest absolute Gasteiger partial charge is 0.326 e. The Morgan fingerprint density at radius 3 is 2.86 bits per heavy atom. The third kappa shape index (κ3) is 3.08. The summed E-state index contributed by atoms with van der Waals surface area (Å²) in [6, 6.07) is 3.21. The summed E-state index contributed by atoms with van der Waals surface area (Å²) in [4.78, 5) is 24.9. The van der Waals surface area contributed by atoms with Gasteiger partial charge in [0.15, 0.2) is 18.1 Å². The van der Waals surface area contributed by atoms with Crippen molar-refractivity contribution in [1.29, 1.82) is 0 Å². The average Bonchev–Trinajstić information content (AvgIpc) is 2.49. The third-order valence-electron chi connectivity index (χ3n) is 3.02. The maximum absolute atomic E-state index is 12.0. The van der Waals surface area contributed by atoms with Crippen molar-refractivity contribution in [3.05, 3.63) is 17.7 Å². The minimum absolute atomic E-state index is 0.179. The molecule has 0 aromatic heterocycles. The lowest BCUT2D eigenvalue weighted by molar-refractivity contribution is -0.142. The van der Waals surface area contributed by atoms with Crippen LogP contribution in [0.15, 0.2) is 12.1 Å². The van der Waals surface area contributed by atoms with E-state index in [4.69, 9.17) is 14.2 Å². The molecule has 0 fully saturated rings.